The van der Waals surface area contributed by atoms with E-state index < -0.39 is 27.9 Å². The molecule has 1 atom stereocenters. The highest BCUT2D eigenvalue weighted by Crippen LogP contribution is 2.20. The second kappa shape index (κ2) is 5.24. The van der Waals surface area contributed by atoms with Crippen molar-refractivity contribution >= 4 is 21.6 Å². The van der Waals surface area contributed by atoms with Gasteiger partial charge >= 0.3 is 0 Å². The monoisotopic (exact) mass is 288 g/mol. The third-order valence-electron chi connectivity index (χ3n) is 2.75. The topological polar surface area (TPSA) is 98.5 Å². The first-order valence-corrected chi connectivity index (χ1v) is 7.17. The first-order chi connectivity index (χ1) is 8.88. The first-order valence-electron chi connectivity index (χ1n) is 5.63. The lowest BCUT2D eigenvalue weighted by Gasteiger charge is -2.11. The van der Waals surface area contributed by atoms with Crippen molar-refractivity contribution in [3.63, 3.8) is 0 Å². The summed E-state index contributed by atoms with van der Waals surface area (Å²) in [4.78, 5) is 11.5. The maximum Gasteiger partial charge on any atom is 0.253 e. The molecule has 0 aromatic heterocycles. The van der Waals surface area contributed by atoms with Crippen LogP contribution >= 0.6 is 0 Å². The van der Waals surface area contributed by atoms with Gasteiger partial charge in [0.1, 0.15) is 11.9 Å². The van der Waals surface area contributed by atoms with Gasteiger partial charge in [0.25, 0.3) is 5.91 Å². The number of sulfonamides is 1. The largest absolute Gasteiger partial charge is 0.368 e. The van der Waals surface area contributed by atoms with Crippen LogP contribution in [0.5, 0.6) is 0 Å². The molecule has 1 aliphatic rings. The number of ether oxygens (including phenoxy) is 1. The fourth-order valence-corrected chi connectivity index (χ4v) is 2.31. The molecule has 104 valence electrons. The van der Waals surface area contributed by atoms with Gasteiger partial charge in [0, 0.05) is 6.61 Å². The lowest BCUT2D eigenvalue weighted by molar-refractivity contribution is -0.124. The minimum atomic E-state index is -3.95. The zero-order chi connectivity index (χ0) is 14.0. The number of carbonyl (C=O) groups is 1. The maximum absolute atomic E-state index is 13.5. The SMILES string of the molecule is NS(=O)(=O)c1ccc(F)c(NC(=O)C2CCCO2)c1. The Hall–Kier alpha value is -1.51. The van der Waals surface area contributed by atoms with Crippen LogP contribution in [0, 0.1) is 5.82 Å². The van der Waals surface area contributed by atoms with Crippen molar-refractivity contribution in [2.45, 2.75) is 23.8 Å². The summed E-state index contributed by atoms with van der Waals surface area (Å²) in [6.07, 6.45) is 0.692. The molecule has 1 fully saturated rings. The van der Waals surface area contributed by atoms with Gasteiger partial charge < -0.3 is 10.1 Å². The highest BCUT2D eigenvalue weighted by molar-refractivity contribution is 7.89. The van der Waals surface area contributed by atoms with E-state index >= 15 is 0 Å². The van der Waals surface area contributed by atoms with Gasteiger partial charge in [-0.1, -0.05) is 0 Å². The van der Waals surface area contributed by atoms with Crippen LogP contribution in [-0.2, 0) is 19.6 Å². The van der Waals surface area contributed by atoms with E-state index in [1.807, 2.05) is 0 Å². The van der Waals surface area contributed by atoms with Crippen LogP contribution in [0.3, 0.4) is 0 Å². The van der Waals surface area contributed by atoms with E-state index in [9.17, 15) is 17.6 Å². The summed E-state index contributed by atoms with van der Waals surface area (Å²) in [7, 11) is -3.95. The third kappa shape index (κ3) is 3.28. The summed E-state index contributed by atoms with van der Waals surface area (Å²) in [5.74, 6) is -1.23. The zero-order valence-electron chi connectivity index (χ0n) is 9.93. The summed E-state index contributed by atoms with van der Waals surface area (Å²) in [6, 6.07) is 2.95. The van der Waals surface area contributed by atoms with Gasteiger partial charge in [-0.25, -0.2) is 17.9 Å². The number of primary sulfonamides is 1. The molecule has 6 nitrogen and oxygen atoms in total. The van der Waals surface area contributed by atoms with Crippen molar-refractivity contribution < 1.29 is 22.3 Å². The molecule has 19 heavy (non-hydrogen) atoms. The van der Waals surface area contributed by atoms with Crippen LogP contribution in [0.4, 0.5) is 10.1 Å². The second-order valence-corrected chi connectivity index (χ2v) is 5.74. The Balaban J connectivity index is 2.22. The molecule has 0 saturated carbocycles. The van der Waals surface area contributed by atoms with Gasteiger partial charge in [-0.2, -0.15) is 0 Å². The Morgan fingerprint density at radius 3 is 2.79 bits per heavy atom. The molecule has 3 N–H and O–H groups in total. The second-order valence-electron chi connectivity index (χ2n) is 4.18. The average Bonchev–Trinajstić information content (AvgIpc) is 2.84. The van der Waals surface area contributed by atoms with Crippen LogP contribution in [0.2, 0.25) is 0 Å². The predicted octanol–water partition coefficient (Wildman–Crippen LogP) is 0.591. The molecule has 1 aromatic rings. The van der Waals surface area contributed by atoms with Crippen LogP contribution in [-0.4, -0.2) is 27.0 Å². The van der Waals surface area contributed by atoms with Gasteiger partial charge in [0.2, 0.25) is 10.0 Å². The smallest absolute Gasteiger partial charge is 0.253 e. The van der Waals surface area contributed by atoms with Crippen molar-refractivity contribution in [1.29, 1.82) is 0 Å². The summed E-state index contributed by atoms with van der Waals surface area (Å²) in [5.41, 5.74) is -0.230. The Kier molecular flexibility index (Phi) is 3.83. The predicted molar refractivity (Wildman–Crippen MR) is 65.4 cm³/mol. The lowest BCUT2D eigenvalue weighted by atomic mass is 10.2. The third-order valence-corrected chi connectivity index (χ3v) is 3.66. The van der Waals surface area contributed by atoms with Gasteiger partial charge in [0.15, 0.2) is 0 Å². The number of rotatable bonds is 3. The highest BCUT2D eigenvalue weighted by Gasteiger charge is 2.24. The normalized spacial score (nSPS) is 19.4. The minimum Gasteiger partial charge on any atom is -0.368 e. The molecule has 0 bridgehead atoms. The standard InChI is InChI=1S/C11H13FN2O4S/c12-8-4-3-7(19(13,16)17)6-9(8)14-11(15)10-2-1-5-18-10/h3-4,6,10H,1-2,5H2,(H,14,15)(H2,13,16,17). The van der Waals surface area contributed by atoms with Crippen LogP contribution < -0.4 is 10.5 Å². The molecule has 0 radical (unpaired) electrons. The summed E-state index contributed by atoms with van der Waals surface area (Å²) in [5, 5.41) is 7.25. The van der Waals surface area contributed by atoms with Crippen molar-refractivity contribution in [2.24, 2.45) is 5.14 Å². The van der Waals surface area contributed by atoms with Crippen LogP contribution in [0.25, 0.3) is 0 Å². The molecule has 0 aliphatic carbocycles. The minimum absolute atomic E-state index is 0.230. The number of nitrogens with two attached hydrogens (primary N) is 1. The average molecular weight is 288 g/mol. The molecule has 1 aromatic carbocycles. The first kappa shape index (κ1) is 13.9. The lowest BCUT2D eigenvalue weighted by Crippen LogP contribution is -2.27. The van der Waals surface area contributed by atoms with E-state index in [-0.39, 0.29) is 10.6 Å². The van der Waals surface area contributed by atoms with Gasteiger partial charge in [0.05, 0.1) is 10.6 Å². The van der Waals surface area contributed by atoms with E-state index in [0.717, 1.165) is 24.6 Å². The van der Waals surface area contributed by atoms with E-state index in [2.05, 4.69) is 5.32 Å². The Morgan fingerprint density at radius 2 is 2.21 bits per heavy atom. The molecule has 1 heterocycles. The Morgan fingerprint density at radius 1 is 1.47 bits per heavy atom. The number of nitrogens with one attached hydrogen (secondary N) is 1. The Bertz CT molecular complexity index is 597. The van der Waals surface area contributed by atoms with Crippen molar-refractivity contribution in [3.8, 4) is 0 Å². The number of anilines is 1. The fraction of sp³-hybridized carbons (Fsp3) is 0.364. The van der Waals surface area contributed by atoms with Gasteiger partial charge in [-0.05, 0) is 31.0 Å². The molecule has 1 aliphatic heterocycles. The summed E-state index contributed by atoms with van der Waals surface area (Å²) >= 11 is 0. The van der Waals surface area contributed by atoms with Gasteiger partial charge in [-0.3, -0.25) is 4.79 Å². The summed E-state index contributed by atoms with van der Waals surface area (Å²) in [6.45, 7) is 0.484. The van der Waals surface area contributed by atoms with Crippen LogP contribution in [0.15, 0.2) is 23.1 Å². The fourth-order valence-electron chi connectivity index (χ4n) is 1.77. The molecule has 1 amide bonds. The van der Waals surface area contributed by atoms with Gasteiger partial charge in [-0.15, -0.1) is 0 Å². The van der Waals surface area contributed by atoms with Crippen molar-refractivity contribution in [1.82, 2.24) is 0 Å². The van der Waals surface area contributed by atoms with E-state index in [1.54, 1.807) is 0 Å². The Labute approximate surface area is 109 Å². The van der Waals surface area contributed by atoms with E-state index in [0.29, 0.717) is 13.0 Å². The number of hydrogen-bond acceptors (Lipinski definition) is 4. The molecule has 8 heteroatoms. The molecular formula is C11H13FN2O4S. The maximum atomic E-state index is 13.5. The number of carbonyl (C=O) groups excluding carboxylic acids is 1. The molecule has 1 unspecified atom stereocenters. The van der Waals surface area contributed by atoms with Crippen molar-refractivity contribution in [3.05, 3.63) is 24.0 Å². The molecule has 2 rings (SSSR count). The molecular weight excluding hydrogens is 275 g/mol. The van der Waals surface area contributed by atoms with Crippen molar-refractivity contribution in [2.75, 3.05) is 11.9 Å². The number of benzene rings is 1. The molecule has 0 spiro atoms. The highest BCUT2D eigenvalue weighted by atomic mass is 32.2. The number of amides is 1. The number of hydrogen-bond donors (Lipinski definition) is 2. The zero-order valence-corrected chi connectivity index (χ0v) is 10.7. The van der Waals surface area contributed by atoms with E-state index in [1.165, 1.54) is 0 Å². The quantitative estimate of drug-likeness (QED) is 0.850. The molecule has 1 saturated heterocycles. The number of halogens is 1. The van der Waals surface area contributed by atoms with E-state index in [4.69, 9.17) is 9.88 Å². The van der Waals surface area contributed by atoms with Crippen LogP contribution in [0.1, 0.15) is 12.8 Å². The summed E-state index contributed by atoms with van der Waals surface area (Å²) < 4.78 is 41.0.